The van der Waals surface area contributed by atoms with Crippen LogP contribution in [0.15, 0.2) is 24.3 Å². The third-order valence-corrected chi connectivity index (χ3v) is 10.4. The second kappa shape index (κ2) is 46.3. The van der Waals surface area contributed by atoms with Crippen molar-refractivity contribution in [2.45, 2.75) is 180 Å². The number of carbonyl (C=O) groups is 6. The molecule has 10 N–H and O–H groups in total. The van der Waals surface area contributed by atoms with Gasteiger partial charge in [-0.05, 0) is 50.9 Å². The number of halogens is 3. The van der Waals surface area contributed by atoms with Crippen molar-refractivity contribution in [3.05, 3.63) is 24.3 Å². The first-order valence-corrected chi connectivity index (χ1v) is 24.4. The normalized spacial score (nSPS) is 13.9. The van der Waals surface area contributed by atoms with Gasteiger partial charge in [-0.1, -0.05) is 109 Å². The first-order chi connectivity index (χ1) is 30.6. The predicted molar refractivity (Wildman–Crippen MR) is 244 cm³/mol. The van der Waals surface area contributed by atoms with E-state index >= 15 is 0 Å². The van der Waals surface area contributed by atoms with Gasteiger partial charge < -0.3 is 46.0 Å². The molecular formula is C43H77F3O18S2. The fourth-order valence-electron chi connectivity index (χ4n) is 4.97. The molecule has 18 nitrogen and oxygen atoms in total. The molecule has 0 saturated carbocycles. The van der Waals surface area contributed by atoms with Crippen molar-refractivity contribution in [3.63, 3.8) is 0 Å². The molecule has 0 amide bonds. The average molecular weight is 1000 g/mol. The van der Waals surface area contributed by atoms with Gasteiger partial charge in [0.1, 0.15) is 6.10 Å². The second-order valence-electron chi connectivity index (χ2n) is 15.1. The van der Waals surface area contributed by atoms with E-state index < -0.39 is 70.3 Å². The van der Waals surface area contributed by atoms with Crippen LogP contribution in [0, 0.1) is 11.8 Å². The van der Waals surface area contributed by atoms with Gasteiger partial charge in [0, 0.05) is 24.3 Å². The van der Waals surface area contributed by atoms with Gasteiger partial charge in [-0.15, -0.1) is 6.58 Å². The molecule has 0 spiro atoms. The third-order valence-electron chi connectivity index (χ3n) is 8.85. The molecule has 0 aromatic heterocycles. The SMILES string of the molecule is C=CCCCCCCCCC(=O)O.CC(C)C1=CCC(C(=O)O)CC1.CCCCCCCCCCC(=O)O.O=C(O)CCSCCC(=O)O.O=C(O)[C@H](O)[C@@H](O)CO.O=S(=O)(O)C(F)(F)F. The van der Waals surface area contributed by atoms with E-state index in [1.807, 2.05) is 6.08 Å². The number of thioether (sulfide) groups is 1. The number of allylic oxidation sites excluding steroid dienone is 3. The van der Waals surface area contributed by atoms with Crippen LogP contribution in [-0.4, -0.2) is 131 Å². The number of carboxylic acids is 6. The first kappa shape index (κ1) is 71.2. The van der Waals surface area contributed by atoms with Gasteiger partial charge in [-0.2, -0.15) is 33.4 Å². The van der Waals surface area contributed by atoms with E-state index in [0.717, 1.165) is 51.4 Å². The Bertz CT molecular complexity index is 1420. The van der Waals surface area contributed by atoms with Crippen LogP contribution in [0.1, 0.15) is 162 Å². The van der Waals surface area contributed by atoms with Crippen LogP contribution in [-0.2, 0) is 38.9 Å². The van der Waals surface area contributed by atoms with E-state index in [1.54, 1.807) is 0 Å². The lowest BCUT2D eigenvalue weighted by Gasteiger charge is -2.20. The molecule has 0 aromatic rings. The zero-order valence-corrected chi connectivity index (χ0v) is 40.2. The van der Waals surface area contributed by atoms with Crippen LogP contribution in [0.3, 0.4) is 0 Å². The summed E-state index contributed by atoms with van der Waals surface area (Å²) in [6.07, 6.45) is 21.5. The van der Waals surface area contributed by atoms with E-state index in [0.29, 0.717) is 30.3 Å². The Morgan fingerprint density at radius 1 is 0.727 bits per heavy atom. The van der Waals surface area contributed by atoms with Crippen molar-refractivity contribution in [3.8, 4) is 0 Å². The highest BCUT2D eigenvalue weighted by atomic mass is 32.2. The zero-order valence-electron chi connectivity index (χ0n) is 38.5. The minimum absolute atomic E-state index is 0.101. The maximum Gasteiger partial charge on any atom is 0.522 e. The summed E-state index contributed by atoms with van der Waals surface area (Å²) < 4.78 is 57.5. The molecule has 23 heteroatoms. The Kier molecular flexibility index (Phi) is 50.0. The van der Waals surface area contributed by atoms with E-state index in [-0.39, 0.29) is 18.8 Å². The number of alkyl halides is 3. The van der Waals surface area contributed by atoms with Crippen molar-refractivity contribution in [1.29, 1.82) is 0 Å². The largest absolute Gasteiger partial charge is 0.522 e. The maximum atomic E-state index is 10.7. The van der Waals surface area contributed by atoms with Gasteiger partial charge in [0.2, 0.25) is 0 Å². The van der Waals surface area contributed by atoms with Crippen molar-refractivity contribution >= 4 is 57.7 Å². The van der Waals surface area contributed by atoms with Gasteiger partial charge in [0.05, 0.1) is 25.4 Å². The molecule has 0 aromatic carbocycles. The lowest BCUT2D eigenvalue weighted by Crippen LogP contribution is -2.36. The Morgan fingerprint density at radius 3 is 1.36 bits per heavy atom. The Hall–Kier alpha value is -3.77. The highest BCUT2D eigenvalue weighted by molar-refractivity contribution is 7.99. The molecule has 0 radical (unpaired) electrons. The third kappa shape index (κ3) is 56.4. The Morgan fingerprint density at radius 2 is 1.11 bits per heavy atom. The van der Waals surface area contributed by atoms with Crippen molar-refractivity contribution in [2.24, 2.45) is 11.8 Å². The number of unbranched alkanes of at least 4 members (excludes halogenated alkanes) is 13. The molecular weight excluding hydrogens is 926 g/mol. The monoisotopic (exact) mass is 1000 g/mol. The van der Waals surface area contributed by atoms with Gasteiger partial charge in [-0.3, -0.25) is 28.5 Å². The fraction of sp³-hybridized carbons (Fsp3) is 0.767. The summed E-state index contributed by atoms with van der Waals surface area (Å²) in [6, 6.07) is 0. The van der Waals surface area contributed by atoms with Crippen molar-refractivity contribution in [2.75, 3.05) is 18.1 Å². The molecule has 3 atom stereocenters. The number of hydrogen-bond acceptors (Lipinski definition) is 12. The molecule has 0 saturated heterocycles. The van der Waals surface area contributed by atoms with E-state index in [9.17, 15) is 41.9 Å². The quantitative estimate of drug-likeness (QED) is 0.0146. The topological polar surface area (TPSA) is 339 Å². The lowest BCUT2D eigenvalue weighted by molar-refractivity contribution is -0.154. The highest BCUT2D eigenvalue weighted by Gasteiger charge is 2.44. The minimum Gasteiger partial charge on any atom is -0.481 e. The summed E-state index contributed by atoms with van der Waals surface area (Å²) in [5, 5.41) is 74.7. The average Bonchev–Trinajstić information content (AvgIpc) is 3.22. The number of hydrogen-bond donors (Lipinski definition) is 10. The zero-order chi connectivity index (χ0) is 52.1. The van der Waals surface area contributed by atoms with Crippen LogP contribution in [0.2, 0.25) is 0 Å². The molecule has 0 fully saturated rings. The number of carboxylic acid groups (broad SMARTS) is 6. The first-order valence-electron chi connectivity index (χ1n) is 21.8. The maximum absolute atomic E-state index is 10.7. The summed E-state index contributed by atoms with van der Waals surface area (Å²) in [6.45, 7) is 9.44. The van der Waals surface area contributed by atoms with Crippen LogP contribution < -0.4 is 0 Å². The molecule has 1 unspecified atom stereocenters. The molecule has 66 heavy (non-hydrogen) atoms. The fourth-order valence-corrected chi connectivity index (χ4v) is 5.81. The van der Waals surface area contributed by atoms with E-state index in [1.165, 1.54) is 81.5 Å². The van der Waals surface area contributed by atoms with Crippen molar-refractivity contribution in [1.82, 2.24) is 0 Å². The van der Waals surface area contributed by atoms with Gasteiger partial charge in [0.15, 0.2) is 6.10 Å². The lowest BCUT2D eigenvalue weighted by atomic mass is 9.85. The van der Waals surface area contributed by atoms with Crippen molar-refractivity contribution < 1.29 is 101 Å². The summed E-state index contributed by atoms with van der Waals surface area (Å²) in [5.41, 5.74) is -4.11. The standard InChI is InChI=1S/C11H22O2.C11H20O2.C10H16O2.C6H10O4S.C4H8O5.CHF3O3S/c2*1-2-3-4-5-6-7-8-9-10-11(12)13;1-7(2)8-3-5-9(6-4-8)10(11)12;7-5(8)1-3-11-4-2-6(9)10;5-1-2(6)3(7)4(8)9;2-1(3,4)8(5,6)7/h2-10H2,1H3,(H,12,13);2H,1,3-10H2,(H,12,13);3,7,9H,4-6H2,1-2H3,(H,11,12);1-4H2,(H,7,8)(H,9,10);2-3,5-7H,1H2,(H,8,9);(H,5,6,7)/t;;;;2-,3+;/m....0./s1. The number of aliphatic hydroxyl groups excluding tert-OH is 3. The molecule has 0 bridgehead atoms. The van der Waals surface area contributed by atoms with Crippen LogP contribution in [0.4, 0.5) is 13.2 Å². The minimum atomic E-state index is -5.84. The Labute approximate surface area is 391 Å². The summed E-state index contributed by atoms with van der Waals surface area (Å²) >= 11 is 1.35. The molecule has 1 aliphatic rings. The van der Waals surface area contributed by atoms with Crippen LogP contribution in [0.5, 0.6) is 0 Å². The van der Waals surface area contributed by atoms with Crippen LogP contribution >= 0.6 is 11.8 Å². The Balaban J connectivity index is -0.000000227. The van der Waals surface area contributed by atoms with Gasteiger partial charge in [-0.25, -0.2) is 4.79 Å². The highest BCUT2D eigenvalue weighted by Crippen LogP contribution is 2.28. The summed E-state index contributed by atoms with van der Waals surface area (Å²) in [5.74, 6) is -3.78. The molecule has 1 rings (SSSR count). The second-order valence-corrected chi connectivity index (χ2v) is 17.7. The molecule has 0 heterocycles. The molecule has 390 valence electrons. The molecule has 1 aliphatic carbocycles. The number of rotatable bonds is 29. The number of aliphatic carboxylic acids is 6. The number of aliphatic hydroxyl groups is 3. The molecule has 0 aliphatic heterocycles. The van der Waals surface area contributed by atoms with Gasteiger partial charge in [0.25, 0.3) is 0 Å². The van der Waals surface area contributed by atoms with E-state index in [4.69, 9.17) is 58.9 Å². The van der Waals surface area contributed by atoms with E-state index in [2.05, 4.69) is 33.4 Å². The summed E-state index contributed by atoms with van der Waals surface area (Å²) in [7, 11) is -5.84. The van der Waals surface area contributed by atoms with Crippen LogP contribution in [0.25, 0.3) is 0 Å². The summed E-state index contributed by atoms with van der Waals surface area (Å²) in [4.78, 5) is 60.6. The predicted octanol–water partition coefficient (Wildman–Crippen LogP) is 8.28. The smallest absolute Gasteiger partial charge is 0.481 e. The van der Waals surface area contributed by atoms with Gasteiger partial charge >= 0.3 is 51.4 Å².